The van der Waals surface area contributed by atoms with Crippen LogP contribution in [0, 0.1) is 6.92 Å². The maximum atomic E-state index is 13.9. The molecule has 1 aliphatic rings. The Hall–Kier alpha value is -3.74. The van der Waals surface area contributed by atoms with Crippen molar-refractivity contribution in [3.05, 3.63) is 77.7 Å². The van der Waals surface area contributed by atoms with Gasteiger partial charge in [-0.2, -0.15) is 0 Å². The Balaban J connectivity index is 1.82. The van der Waals surface area contributed by atoms with E-state index in [4.69, 9.17) is 13.9 Å². The van der Waals surface area contributed by atoms with Crippen LogP contribution in [-0.2, 0) is 4.79 Å². The Bertz CT molecular complexity index is 1130. The molecule has 4 rings (SSSR count). The molecule has 1 N–H and O–H groups in total. The summed E-state index contributed by atoms with van der Waals surface area (Å²) in [6.45, 7) is 1.99. The van der Waals surface area contributed by atoms with E-state index in [1.807, 2.05) is 31.2 Å². The first-order valence-electron chi connectivity index (χ1n) is 12.0. The molecule has 184 valence electrons. The van der Waals surface area contributed by atoms with Crippen molar-refractivity contribution in [2.24, 2.45) is 0 Å². The van der Waals surface area contributed by atoms with E-state index in [0.717, 1.165) is 31.2 Å². The van der Waals surface area contributed by atoms with E-state index >= 15 is 0 Å². The van der Waals surface area contributed by atoms with Crippen molar-refractivity contribution in [1.29, 1.82) is 0 Å². The number of hydrogen-bond donors (Lipinski definition) is 1. The summed E-state index contributed by atoms with van der Waals surface area (Å²) in [4.78, 5) is 29.2. The van der Waals surface area contributed by atoms with E-state index in [2.05, 4.69) is 5.32 Å². The molecule has 0 radical (unpaired) electrons. The molecular formula is C28H32N2O5. The fourth-order valence-electron chi connectivity index (χ4n) is 4.57. The SMILES string of the molecule is COc1ccc(N(C(=O)c2ccco2)C(C(=O)NC2CCCCC2)c2ccc(C)cc2)cc1OC. The van der Waals surface area contributed by atoms with Gasteiger partial charge in [0.15, 0.2) is 17.3 Å². The highest BCUT2D eigenvalue weighted by atomic mass is 16.5. The van der Waals surface area contributed by atoms with Crippen molar-refractivity contribution in [1.82, 2.24) is 5.32 Å². The van der Waals surface area contributed by atoms with Crippen LogP contribution in [0.5, 0.6) is 11.5 Å². The second-order valence-corrected chi connectivity index (χ2v) is 8.85. The van der Waals surface area contributed by atoms with Crippen LogP contribution in [0.25, 0.3) is 0 Å². The molecule has 1 atom stereocenters. The number of rotatable bonds is 8. The topological polar surface area (TPSA) is 81.0 Å². The quantitative estimate of drug-likeness (QED) is 0.468. The maximum Gasteiger partial charge on any atom is 0.294 e. The van der Waals surface area contributed by atoms with E-state index < -0.39 is 11.9 Å². The summed E-state index contributed by atoms with van der Waals surface area (Å²) in [6.07, 6.45) is 6.69. The Kier molecular flexibility index (Phi) is 7.75. The van der Waals surface area contributed by atoms with Crippen molar-refractivity contribution in [3.8, 4) is 11.5 Å². The Morgan fingerprint density at radius 3 is 2.31 bits per heavy atom. The number of aryl methyl sites for hydroxylation is 1. The molecule has 1 saturated carbocycles. The van der Waals surface area contributed by atoms with Gasteiger partial charge in [-0.25, -0.2) is 0 Å². The minimum absolute atomic E-state index is 0.0927. The number of ether oxygens (including phenoxy) is 2. The summed E-state index contributed by atoms with van der Waals surface area (Å²) >= 11 is 0. The van der Waals surface area contributed by atoms with Crippen LogP contribution in [0.3, 0.4) is 0 Å². The van der Waals surface area contributed by atoms with Crippen molar-refractivity contribution >= 4 is 17.5 Å². The lowest BCUT2D eigenvalue weighted by atomic mass is 9.94. The van der Waals surface area contributed by atoms with E-state index in [1.54, 1.807) is 37.4 Å². The van der Waals surface area contributed by atoms with Crippen LogP contribution < -0.4 is 19.7 Å². The number of amides is 2. The smallest absolute Gasteiger partial charge is 0.294 e. The van der Waals surface area contributed by atoms with Crippen LogP contribution in [0.1, 0.15) is 59.8 Å². The molecule has 0 saturated heterocycles. The highest BCUT2D eigenvalue weighted by Crippen LogP contribution is 2.36. The lowest BCUT2D eigenvalue weighted by Crippen LogP contribution is -2.47. The van der Waals surface area contributed by atoms with Gasteiger partial charge in [0, 0.05) is 17.8 Å². The number of nitrogens with one attached hydrogen (secondary N) is 1. The third-order valence-corrected chi connectivity index (χ3v) is 6.45. The van der Waals surface area contributed by atoms with Gasteiger partial charge < -0.3 is 19.2 Å². The van der Waals surface area contributed by atoms with Gasteiger partial charge in [0.25, 0.3) is 5.91 Å². The zero-order valence-corrected chi connectivity index (χ0v) is 20.5. The normalized spacial score (nSPS) is 14.7. The second-order valence-electron chi connectivity index (χ2n) is 8.85. The lowest BCUT2D eigenvalue weighted by molar-refractivity contribution is -0.123. The zero-order chi connectivity index (χ0) is 24.8. The van der Waals surface area contributed by atoms with Crippen molar-refractivity contribution in [3.63, 3.8) is 0 Å². The summed E-state index contributed by atoms with van der Waals surface area (Å²) in [7, 11) is 3.09. The van der Waals surface area contributed by atoms with Crippen LogP contribution in [0.2, 0.25) is 0 Å². The summed E-state index contributed by atoms with van der Waals surface area (Å²) in [5, 5.41) is 3.21. The molecular weight excluding hydrogens is 444 g/mol. The lowest BCUT2D eigenvalue weighted by Gasteiger charge is -2.33. The zero-order valence-electron chi connectivity index (χ0n) is 20.5. The predicted octanol–water partition coefficient (Wildman–Crippen LogP) is 5.44. The second kappa shape index (κ2) is 11.1. The molecule has 2 aromatic carbocycles. The molecule has 7 heteroatoms. The average molecular weight is 477 g/mol. The minimum atomic E-state index is -0.909. The molecule has 3 aromatic rings. The first kappa shape index (κ1) is 24.4. The molecule has 0 aliphatic heterocycles. The summed E-state index contributed by atoms with van der Waals surface area (Å²) < 4.78 is 16.3. The fourth-order valence-corrected chi connectivity index (χ4v) is 4.57. The van der Waals surface area contributed by atoms with Gasteiger partial charge >= 0.3 is 0 Å². The predicted molar refractivity (Wildman–Crippen MR) is 134 cm³/mol. The number of furan rings is 1. The molecule has 1 aromatic heterocycles. The van der Waals surface area contributed by atoms with E-state index in [0.29, 0.717) is 22.7 Å². The molecule has 1 aliphatic carbocycles. The highest BCUT2D eigenvalue weighted by molar-refractivity contribution is 6.08. The number of methoxy groups -OCH3 is 2. The molecule has 2 amide bonds. The summed E-state index contributed by atoms with van der Waals surface area (Å²) in [5.74, 6) is 0.474. The molecule has 7 nitrogen and oxygen atoms in total. The summed E-state index contributed by atoms with van der Waals surface area (Å²) in [5.41, 5.74) is 2.27. The Morgan fingerprint density at radius 2 is 1.69 bits per heavy atom. The van der Waals surface area contributed by atoms with Crippen molar-refractivity contribution in [2.75, 3.05) is 19.1 Å². The van der Waals surface area contributed by atoms with E-state index in [-0.39, 0.29) is 17.7 Å². The van der Waals surface area contributed by atoms with Gasteiger partial charge in [-0.1, -0.05) is 49.1 Å². The van der Waals surface area contributed by atoms with Crippen LogP contribution in [0.15, 0.2) is 65.3 Å². The molecule has 1 fully saturated rings. The van der Waals surface area contributed by atoms with Gasteiger partial charge in [0.05, 0.1) is 20.5 Å². The average Bonchev–Trinajstić information content (AvgIpc) is 3.43. The number of carbonyl (C=O) groups is 2. The van der Waals surface area contributed by atoms with Gasteiger partial charge in [-0.05, 0) is 49.6 Å². The van der Waals surface area contributed by atoms with Crippen LogP contribution in [-0.4, -0.2) is 32.1 Å². The molecule has 0 bridgehead atoms. The number of benzene rings is 2. The van der Waals surface area contributed by atoms with Crippen LogP contribution in [0.4, 0.5) is 5.69 Å². The molecule has 0 spiro atoms. The third kappa shape index (κ3) is 5.50. The van der Waals surface area contributed by atoms with Crippen molar-refractivity contribution < 1.29 is 23.5 Å². The highest BCUT2D eigenvalue weighted by Gasteiger charge is 2.36. The molecule has 1 heterocycles. The number of nitrogens with zero attached hydrogens (tertiary/aromatic N) is 1. The largest absolute Gasteiger partial charge is 0.493 e. The van der Waals surface area contributed by atoms with Crippen molar-refractivity contribution in [2.45, 2.75) is 51.1 Å². The number of hydrogen-bond acceptors (Lipinski definition) is 5. The number of carbonyl (C=O) groups excluding carboxylic acids is 2. The number of anilines is 1. The van der Waals surface area contributed by atoms with Gasteiger partial charge in [-0.3, -0.25) is 14.5 Å². The van der Waals surface area contributed by atoms with Gasteiger partial charge in [-0.15, -0.1) is 0 Å². The van der Waals surface area contributed by atoms with E-state index in [1.165, 1.54) is 24.7 Å². The fraction of sp³-hybridized carbons (Fsp3) is 0.357. The molecule has 35 heavy (non-hydrogen) atoms. The monoisotopic (exact) mass is 476 g/mol. The first-order valence-corrected chi connectivity index (χ1v) is 12.0. The Labute approximate surface area is 206 Å². The van der Waals surface area contributed by atoms with Gasteiger partial charge in [0.2, 0.25) is 5.91 Å². The first-order chi connectivity index (χ1) is 17.0. The third-order valence-electron chi connectivity index (χ3n) is 6.45. The molecule has 1 unspecified atom stereocenters. The van der Waals surface area contributed by atoms with Crippen LogP contribution >= 0.6 is 0 Å². The maximum absolute atomic E-state index is 13.9. The van der Waals surface area contributed by atoms with E-state index in [9.17, 15) is 9.59 Å². The standard InChI is InChI=1S/C28H32N2O5/c1-19-11-13-20(14-12-19)26(27(31)29-21-8-5-4-6-9-21)30(28(32)24-10-7-17-35-24)22-15-16-23(33-2)25(18-22)34-3/h7,10-18,21,26H,4-6,8-9H2,1-3H3,(H,29,31). The minimum Gasteiger partial charge on any atom is -0.493 e. The van der Waals surface area contributed by atoms with Gasteiger partial charge in [0.1, 0.15) is 6.04 Å². The Morgan fingerprint density at radius 1 is 0.971 bits per heavy atom. The summed E-state index contributed by atoms with van der Waals surface area (Å²) in [6, 6.07) is 15.3.